The Hall–Kier alpha value is -0.830. The number of rotatable bonds is 4. The average Bonchev–Trinajstić information content (AvgIpc) is 2.73. The average molecular weight is 205 g/mol. The van der Waals surface area contributed by atoms with Crippen molar-refractivity contribution in [1.82, 2.24) is 14.9 Å². The Labute approximate surface area is 90.9 Å². The third kappa shape index (κ3) is 1.59. The van der Waals surface area contributed by atoms with Gasteiger partial charge in [-0.15, -0.1) is 0 Å². The number of hydrogen-bond donors (Lipinski definition) is 1. The molecule has 0 bridgehead atoms. The summed E-state index contributed by atoms with van der Waals surface area (Å²) >= 11 is 0. The highest BCUT2D eigenvalue weighted by molar-refractivity contribution is 5.15. The fourth-order valence-electron chi connectivity index (χ4n) is 2.66. The van der Waals surface area contributed by atoms with Crippen molar-refractivity contribution in [2.75, 3.05) is 13.1 Å². The Balaban J connectivity index is 1.72. The topological polar surface area (TPSA) is 29.9 Å². The van der Waals surface area contributed by atoms with Crippen LogP contribution in [-0.4, -0.2) is 22.6 Å². The Bertz CT molecular complexity index is 340. The van der Waals surface area contributed by atoms with Crippen LogP contribution < -0.4 is 5.32 Å². The molecule has 1 aromatic heterocycles. The first-order valence-electron chi connectivity index (χ1n) is 6.12. The second-order valence-electron chi connectivity index (χ2n) is 4.93. The molecule has 2 unspecified atom stereocenters. The normalized spacial score (nSPS) is 30.2. The number of nitrogens with one attached hydrogen (secondary N) is 1. The predicted molar refractivity (Wildman–Crippen MR) is 59.9 cm³/mol. The molecule has 1 saturated heterocycles. The van der Waals surface area contributed by atoms with Crippen molar-refractivity contribution in [1.29, 1.82) is 0 Å². The van der Waals surface area contributed by atoms with Gasteiger partial charge >= 0.3 is 0 Å². The molecule has 15 heavy (non-hydrogen) atoms. The minimum Gasteiger partial charge on any atom is -0.331 e. The summed E-state index contributed by atoms with van der Waals surface area (Å²) in [5.41, 5.74) is 1.46. The molecule has 2 fully saturated rings. The summed E-state index contributed by atoms with van der Waals surface area (Å²) in [5, 5.41) is 3.33. The Morgan fingerprint density at radius 1 is 1.53 bits per heavy atom. The quantitative estimate of drug-likeness (QED) is 0.814. The lowest BCUT2D eigenvalue weighted by atomic mass is 10.00. The van der Waals surface area contributed by atoms with E-state index in [1.54, 1.807) is 0 Å². The van der Waals surface area contributed by atoms with Gasteiger partial charge in [0, 0.05) is 36.9 Å². The van der Waals surface area contributed by atoms with Crippen LogP contribution >= 0.6 is 0 Å². The standard InChI is InChI=1S/C12H19N3/c1-2-3-9-4-11(9)15-8-14-7-12(15)10-5-13-6-10/h7-11,13H,2-6H2,1H3. The summed E-state index contributed by atoms with van der Waals surface area (Å²) in [4.78, 5) is 4.32. The van der Waals surface area contributed by atoms with E-state index in [1.165, 1.54) is 25.0 Å². The molecule has 3 heteroatoms. The van der Waals surface area contributed by atoms with E-state index < -0.39 is 0 Å². The summed E-state index contributed by atoms with van der Waals surface area (Å²) in [5.74, 6) is 1.64. The van der Waals surface area contributed by atoms with Crippen LogP contribution in [0.2, 0.25) is 0 Å². The molecule has 1 N–H and O–H groups in total. The van der Waals surface area contributed by atoms with Gasteiger partial charge in [-0.25, -0.2) is 4.98 Å². The van der Waals surface area contributed by atoms with Crippen molar-refractivity contribution in [3.63, 3.8) is 0 Å². The largest absolute Gasteiger partial charge is 0.331 e. The second-order valence-corrected chi connectivity index (χ2v) is 4.93. The minimum atomic E-state index is 0.718. The van der Waals surface area contributed by atoms with E-state index in [-0.39, 0.29) is 0 Å². The molecule has 3 nitrogen and oxygen atoms in total. The molecule has 1 saturated carbocycles. The minimum absolute atomic E-state index is 0.718. The van der Waals surface area contributed by atoms with Crippen LogP contribution in [0.15, 0.2) is 12.5 Å². The summed E-state index contributed by atoms with van der Waals surface area (Å²) in [6, 6.07) is 0.767. The number of hydrogen-bond acceptors (Lipinski definition) is 2. The van der Waals surface area contributed by atoms with Crippen LogP contribution in [0.25, 0.3) is 0 Å². The predicted octanol–water partition coefficient (Wildman–Crippen LogP) is 1.93. The molecule has 0 aromatic carbocycles. The fourth-order valence-corrected chi connectivity index (χ4v) is 2.66. The maximum Gasteiger partial charge on any atom is 0.0950 e. The van der Waals surface area contributed by atoms with Crippen LogP contribution in [0.1, 0.15) is 43.8 Å². The van der Waals surface area contributed by atoms with Gasteiger partial charge in [-0.2, -0.15) is 0 Å². The maximum absolute atomic E-state index is 4.32. The summed E-state index contributed by atoms with van der Waals surface area (Å²) in [6.45, 7) is 4.55. The van der Waals surface area contributed by atoms with Crippen molar-refractivity contribution >= 4 is 0 Å². The van der Waals surface area contributed by atoms with Gasteiger partial charge in [0.25, 0.3) is 0 Å². The first kappa shape index (κ1) is 9.40. The van der Waals surface area contributed by atoms with Gasteiger partial charge in [0.15, 0.2) is 0 Å². The molecule has 1 aliphatic carbocycles. The fraction of sp³-hybridized carbons (Fsp3) is 0.750. The monoisotopic (exact) mass is 205 g/mol. The highest BCUT2D eigenvalue weighted by Gasteiger charge is 2.39. The Morgan fingerprint density at radius 3 is 3.07 bits per heavy atom. The van der Waals surface area contributed by atoms with E-state index >= 15 is 0 Å². The summed E-state index contributed by atoms with van der Waals surface area (Å²) in [6.07, 6.45) is 8.17. The molecule has 82 valence electrons. The van der Waals surface area contributed by atoms with Crippen molar-refractivity contribution in [3.8, 4) is 0 Å². The lowest BCUT2D eigenvalue weighted by Crippen LogP contribution is -2.40. The number of imidazole rings is 1. The SMILES string of the molecule is CCCC1CC1n1cncc1C1CNC1. The van der Waals surface area contributed by atoms with Crippen LogP contribution in [-0.2, 0) is 0 Å². The van der Waals surface area contributed by atoms with E-state index in [9.17, 15) is 0 Å². The smallest absolute Gasteiger partial charge is 0.0950 e. The first-order valence-corrected chi connectivity index (χ1v) is 6.12. The van der Waals surface area contributed by atoms with Crippen LogP contribution in [0.4, 0.5) is 0 Å². The van der Waals surface area contributed by atoms with Crippen molar-refractivity contribution in [2.45, 2.75) is 38.1 Å². The number of nitrogens with zero attached hydrogens (tertiary/aromatic N) is 2. The van der Waals surface area contributed by atoms with Crippen molar-refractivity contribution in [3.05, 3.63) is 18.2 Å². The van der Waals surface area contributed by atoms with Gasteiger partial charge in [0.2, 0.25) is 0 Å². The van der Waals surface area contributed by atoms with Gasteiger partial charge in [0.1, 0.15) is 0 Å². The summed E-state index contributed by atoms with van der Waals surface area (Å²) in [7, 11) is 0. The molecule has 3 rings (SSSR count). The van der Waals surface area contributed by atoms with Gasteiger partial charge in [-0.3, -0.25) is 0 Å². The highest BCUT2D eigenvalue weighted by Crippen LogP contribution is 2.47. The molecular weight excluding hydrogens is 186 g/mol. The van der Waals surface area contributed by atoms with E-state index in [4.69, 9.17) is 0 Å². The zero-order valence-electron chi connectivity index (χ0n) is 9.32. The Morgan fingerprint density at radius 2 is 2.40 bits per heavy atom. The van der Waals surface area contributed by atoms with E-state index in [0.717, 1.165) is 31.0 Å². The zero-order chi connectivity index (χ0) is 10.3. The third-order valence-corrected chi connectivity index (χ3v) is 3.80. The maximum atomic E-state index is 4.32. The molecule has 0 radical (unpaired) electrons. The first-order chi connectivity index (χ1) is 7.40. The lowest BCUT2D eigenvalue weighted by Gasteiger charge is -2.28. The number of aromatic nitrogens is 2. The van der Waals surface area contributed by atoms with Gasteiger partial charge < -0.3 is 9.88 Å². The van der Waals surface area contributed by atoms with E-state index in [0.29, 0.717) is 0 Å². The van der Waals surface area contributed by atoms with Crippen molar-refractivity contribution in [2.24, 2.45) is 5.92 Å². The van der Waals surface area contributed by atoms with Crippen molar-refractivity contribution < 1.29 is 0 Å². The molecule has 2 heterocycles. The molecule has 1 aromatic rings. The molecule has 2 aliphatic rings. The third-order valence-electron chi connectivity index (χ3n) is 3.80. The van der Waals surface area contributed by atoms with E-state index in [2.05, 4.69) is 28.0 Å². The van der Waals surface area contributed by atoms with Gasteiger partial charge in [-0.05, 0) is 18.8 Å². The molecule has 2 atom stereocenters. The van der Waals surface area contributed by atoms with E-state index in [1.807, 2.05) is 6.33 Å². The molecule has 0 spiro atoms. The molecule has 1 aliphatic heterocycles. The van der Waals surface area contributed by atoms with Gasteiger partial charge in [-0.1, -0.05) is 13.3 Å². The van der Waals surface area contributed by atoms with Crippen LogP contribution in [0.3, 0.4) is 0 Å². The molecule has 0 amide bonds. The lowest BCUT2D eigenvalue weighted by molar-refractivity contribution is 0.420. The van der Waals surface area contributed by atoms with Gasteiger partial charge in [0.05, 0.1) is 6.33 Å². The molecular formula is C12H19N3. The van der Waals surface area contributed by atoms with Crippen LogP contribution in [0, 0.1) is 5.92 Å². The Kier molecular flexibility index (Phi) is 2.28. The summed E-state index contributed by atoms with van der Waals surface area (Å²) < 4.78 is 2.44. The van der Waals surface area contributed by atoms with Crippen LogP contribution in [0.5, 0.6) is 0 Å². The highest BCUT2D eigenvalue weighted by atomic mass is 15.1. The second kappa shape index (κ2) is 3.63. The zero-order valence-corrected chi connectivity index (χ0v) is 9.32.